The molecule has 1 aliphatic rings. The van der Waals surface area contributed by atoms with Crippen molar-refractivity contribution >= 4 is 27.5 Å². The number of aromatic nitrogens is 2. The maximum atomic E-state index is 13.5. The number of alkyl halides is 3. The minimum atomic E-state index is -4.63. The number of sulfonamides is 1. The monoisotopic (exact) mass is 530 g/mol. The van der Waals surface area contributed by atoms with E-state index >= 15 is 0 Å². The summed E-state index contributed by atoms with van der Waals surface area (Å²) in [5.41, 5.74) is -0.616. The lowest BCUT2D eigenvalue weighted by molar-refractivity contribution is -0.137. The summed E-state index contributed by atoms with van der Waals surface area (Å²) in [5, 5.41) is 2.12. The molecule has 186 valence electrons. The number of carbonyl (C=O) groups excluding carboxylic acids is 1. The Morgan fingerprint density at radius 3 is 2.40 bits per heavy atom. The number of hydrogen-bond donors (Lipinski definition) is 1. The molecule has 0 radical (unpaired) electrons. The molecule has 1 N–H and O–H groups in total. The molecule has 4 rings (SSSR count). The van der Waals surface area contributed by atoms with Crippen molar-refractivity contribution in [1.82, 2.24) is 19.2 Å². The van der Waals surface area contributed by atoms with E-state index in [-0.39, 0.29) is 23.7 Å². The van der Waals surface area contributed by atoms with Gasteiger partial charge in [0, 0.05) is 32.3 Å². The van der Waals surface area contributed by atoms with E-state index in [9.17, 15) is 30.8 Å². The van der Waals surface area contributed by atoms with Crippen molar-refractivity contribution in [2.45, 2.75) is 23.2 Å². The topological polar surface area (TPSA) is 84.3 Å². The van der Waals surface area contributed by atoms with E-state index in [1.54, 1.807) is 7.05 Å². The van der Waals surface area contributed by atoms with E-state index < -0.39 is 50.5 Å². The van der Waals surface area contributed by atoms with Crippen molar-refractivity contribution in [2.24, 2.45) is 7.05 Å². The second-order valence-corrected chi connectivity index (χ2v) is 10.4. The zero-order chi connectivity index (χ0) is 25.5. The Morgan fingerprint density at radius 1 is 1.14 bits per heavy atom. The van der Waals surface area contributed by atoms with Crippen LogP contribution < -0.4 is 5.32 Å². The summed E-state index contributed by atoms with van der Waals surface area (Å²) in [4.78, 5) is 16.8. The molecule has 1 amide bonds. The molecule has 0 spiro atoms. The number of benzene rings is 2. The van der Waals surface area contributed by atoms with Crippen LogP contribution in [0.25, 0.3) is 0 Å². The van der Waals surface area contributed by atoms with Crippen molar-refractivity contribution in [3.05, 3.63) is 82.5 Å². The average molecular weight is 531 g/mol. The first kappa shape index (κ1) is 25.1. The quantitative estimate of drug-likeness (QED) is 0.508. The minimum absolute atomic E-state index is 0.0315. The third-order valence-electron chi connectivity index (χ3n) is 5.73. The molecule has 3 aromatic rings. The molecule has 13 heteroatoms. The first-order valence-corrected chi connectivity index (χ1v) is 12.1. The molecule has 0 bridgehead atoms. The van der Waals surface area contributed by atoms with Gasteiger partial charge in [-0.15, -0.1) is 0 Å². The van der Waals surface area contributed by atoms with Gasteiger partial charge in [0.05, 0.1) is 28.5 Å². The predicted octanol–water partition coefficient (Wildman–Crippen LogP) is 3.82. The Morgan fingerprint density at radius 2 is 1.83 bits per heavy atom. The summed E-state index contributed by atoms with van der Waals surface area (Å²) in [6, 6.07) is 7.00. The van der Waals surface area contributed by atoms with E-state index in [4.69, 9.17) is 11.6 Å². The summed E-state index contributed by atoms with van der Waals surface area (Å²) in [5.74, 6) is -1.81. The van der Waals surface area contributed by atoms with Crippen LogP contribution in [-0.4, -0.2) is 47.3 Å². The number of aryl methyl sites for hydroxylation is 1. The van der Waals surface area contributed by atoms with Crippen LogP contribution in [0, 0.1) is 5.82 Å². The lowest BCUT2D eigenvalue weighted by Crippen LogP contribution is -2.40. The zero-order valence-electron chi connectivity index (χ0n) is 18.1. The fraction of sp³-hybridized carbons (Fsp3) is 0.273. The molecule has 2 atom stereocenters. The van der Waals surface area contributed by atoms with Gasteiger partial charge in [-0.05, 0) is 35.9 Å². The van der Waals surface area contributed by atoms with Crippen LogP contribution in [0.2, 0.25) is 5.02 Å². The maximum Gasteiger partial charge on any atom is 0.416 e. The lowest BCUT2D eigenvalue weighted by atomic mass is 9.94. The standard InChI is InChI=1S/C22H19ClF4N4O3S/c1-30-11-20(28-12-30)35(33,34)31-9-17(13-2-5-15(24)6-3-13)19(10-31)29-21(32)16-7-4-14(8-18(16)23)22(25,26)27/h2-8,11-12,17,19H,9-10H2,1H3,(H,29,32)/t17-,19+/m0/s1. The van der Waals surface area contributed by atoms with Gasteiger partial charge >= 0.3 is 6.18 Å². The van der Waals surface area contributed by atoms with Crippen LogP contribution in [0.3, 0.4) is 0 Å². The van der Waals surface area contributed by atoms with Gasteiger partial charge in [0.25, 0.3) is 15.9 Å². The van der Waals surface area contributed by atoms with Crippen LogP contribution in [0.15, 0.2) is 60.0 Å². The summed E-state index contributed by atoms with van der Waals surface area (Å²) < 4.78 is 81.1. The first-order valence-electron chi connectivity index (χ1n) is 10.3. The van der Waals surface area contributed by atoms with Crippen molar-refractivity contribution in [3.63, 3.8) is 0 Å². The molecular weight excluding hydrogens is 512 g/mol. The summed E-state index contributed by atoms with van der Waals surface area (Å²) in [7, 11) is -2.39. The average Bonchev–Trinajstić information content (AvgIpc) is 3.41. The highest BCUT2D eigenvalue weighted by Crippen LogP contribution is 2.34. The molecule has 2 heterocycles. The molecule has 1 aromatic heterocycles. The number of carbonyl (C=O) groups is 1. The van der Waals surface area contributed by atoms with Gasteiger partial charge in [0.2, 0.25) is 0 Å². The van der Waals surface area contributed by atoms with Crippen LogP contribution in [0.1, 0.15) is 27.4 Å². The number of hydrogen-bond acceptors (Lipinski definition) is 4. The third-order valence-corrected chi connectivity index (χ3v) is 7.76. The molecular formula is C22H19ClF4N4O3S. The molecule has 7 nitrogen and oxygen atoms in total. The predicted molar refractivity (Wildman–Crippen MR) is 119 cm³/mol. The first-order chi connectivity index (χ1) is 16.4. The number of nitrogens with zero attached hydrogens (tertiary/aromatic N) is 3. The molecule has 1 saturated heterocycles. The number of rotatable bonds is 5. The highest BCUT2D eigenvalue weighted by molar-refractivity contribution is 7.89. The van der Waals surface area contributed by atoms with E-state index in [1.165, 1.54) is 41.4 Å². The Kier molecular flexibility index (Phi) is 6.64. The summed E-state index contributed by atoms with van der Waals surface area (Å²) in [6.45, 7) is -0.166. The SMILES string of the molecule is Cn1cnc(S(=O)(=O)N2C[C@@H](NC(=O)c3ccc(C(F)(F)F)cc3Cl)[C@H](c3ccc(F)cc3)C2)c1. The second kappa shape index (κ2) is 9.25. The maximum absolute atomic E-state index is 13.5. The Balaban J connectivity index is 1.63. The van der Waals surface area contributed by atoms with Crippen molar-refractivity contribution in [2.75, 3.05) is 13.1 Å². The molecule has 0 saturated carbocycles. The van der Waals surface area contributed by atoms with Gasteiger partial charge in [-0.25, -0.2) is 17.8 Å². The van der Waals surface area contributed by atoms with Crippen molar-refractivity contribution in [1.29, 1.82) is 0 Å². The van der Waals surface area contributed by atoms with Gasteiger partial charge in [-0.2, -0.15) is 17.5 Å². The van der Waals surface area contributed by atoms with E-state index in [0.717, 1.165) is 16.4 Å². The number of imidazole rings is 1. The molecule has 0 unspecified atom stereocenters. The zero-order valence-corrected chi connectivity index (χ0v) is 19.7. The van der Waals surface area contributed by atoms with Crippen LogP contribution >= 0.6 is 11.6 Å². The Labute approximate surface area is 203 Å². The van der Waals surface area contributed by atoms with Gasteiger partial charge in [-0.3, -0.25) is 4.79 Å². The Hall–Kier alpha value is -2.96. The normalized spacial score (nSPS) is 19.1. The minimum Gasteiger partial charge on any atom is -0.347 e. The van der Waals surface area contributed by atoms with Crippen molar-refractivity contribution < 1.29 is 30.8 Å². The molecule has 35 heavy (non-hydrogen) atoms. The van der Waals surface area contributed by atoms with E-state index in [1.807, 2.05) is 0 Å². The highest BCUT2D eigenvalue weighted by atomic mass is 35.5. The van der Waals surface area contributed by atoms with E-state index in [0.29, 0.717) is 11.6 Å². The number of nitrogens with one attached hydrogen (secondary N) is 1. The van der Waals surface area contributed by atoms with E-state index in [2.05, 4.69) is 10.3 Å². The smallest absolute Gasteiger partial charge is 0.347 e. The summed E-state index contributed by atoms with van der Waals surface area (Å²) >= 11 is 5.95. The van der Waals surface area contributed by atoms with Crippen LogP contribution in [0.5, 0.6) is 0 Å². The molecule has 0 aliphatic carbocycles. The third kappa shape index (κ3) is 5.19. The molecule has 2 aromatic carbocycles. The van der Waals surface area contributed by atoms with Gasteiger partial charge in [-0.1, -0.05) is 23.7 Å². The molecule has 1 fully saturated rings. The van der Waals surface area contributed by atoms with Crippen LogP contribution in [0.4, 0.5) is 17.6 Å². The van der Waals surface area contributed by atoms with Gasteiger partial charge in [0.1, 0.15) is 5.82 Å². The molecule has 1 aliphatic heterocycles. The summed E-state index contributed by atoms with van der Waals surface area (Å²) in [6.07, 6.45) is -1.94. The second-order valence-electron chi connectivity index (χ2n) is 8.13. The van der Waals surface area contributed by atoms with Crippen molar-refractivity contribution in [3.8, 4) is 0 Å². The number of amides is 1. The Bertz CT molecular complexity index is 1360. The number of halogens is 5. The highest BCUT2D eigenvalue weighted by Gasteiger charge is 2.42. The largest absolute Gasteiger partial charge is 0.416 e. The van der Waals surface area contributed by atoms with Gasteiger partial charge < -0.3 is 9.88 Å². The van der Waals surface area contributed by atoms with Crippen LogP contribution in [-0.2, 0) is 23.2 Å². The van der Waals surface area contributed by atoms with Gasteiger partial charge in [0.15, 0.2) is 5.03 Å². The fourth-order valence-corrected chi connectivity index (χ4v) is 5.66. The lowest BCUT2D eigenvalue weighted by Gasteiger charge is -2.21. The fourth-order valence-electron chi connectivity index (χ4n) is 3.93.